The quantitative estimate of drug-likeness (QED) is 0.0590. The summed E-state index contributed by atoms with van der Waals surface area (Å²) in [6.45, 7) is 2.04. The molecule has 18 heteroatoms. The van der Waals surface area contributed by atoms with Crippen LogP contribution in [0.4, 0.5) is 4.79 Å². The maximum atomic E-state index is 14.0. The van der Waals surface area contributed by atoms with Crippen LogP contribution >= 0.6 is 0 Å². The van der Waals surface area contributed by atoms with Crippen LogP contribution in [-0.2, 0) is 44.8 Å². The lowest BCUT2D eigenvalue weighted by Gasteiger charge is -2.34. The number of alkyl carbamates (subject to hydrolysis) is 1. The molecule has 9 atom stereocenters. The summed E-state index contributed by atoms with van der Waals surface area (Å²) in [5.41, 5.74) is 12.7. The van der Waals surface area contributed by atoms with Crippen LogP contribution in [0.5, 0.6) is 0 Å². The number of nitrogens with one attached hydrogen (secondary N) is 6. The molecule has 0 bridgehead atoms. The number of carbonyl (C=O) groups is 7. The fraction of sp³-hybridized carbons (Fsp3) is 0.729. The number of hydrogen-bond acceptors (Lipinski definition) is 9. The van der Waals surface area contributed by atoms with Crippen LogP contribution in [0.25, 0.3) is 0 Å². The number of rotatable bonds is 26. The molecule has 6 amide bonds. The first-order valence-electron chi connectivity index (χ1n) is 24.9. The second kappa shape index (κ2) is 29.8. The van der Waals surface area contributed by atoms with Gasteiger partial charge in [0.25, 0.3) is 0 Å². The van der Waals surface area contributed by atoms with Crippen molar-refractivity contribution < 1.29 is 60.2 Å². The van der Waals surface area contributed by atoms with Crippen molar-refractivity contribution in [1.82, 2.24) is 31.9 Å². The first-order valence-corrected chi connectivity index (χ1v) is 24.9. The normalized spacial score (nSPS) is 23.2. The minimum absolute atomic E-state index is 0.0281. The number of carbonyl (C=O) groups excluding carboxylic acids is 7. The van der Waals surface area contributed by atoms with Gasteiger partial charge in [-0.1, -0.05) is 68.9 Å². The second-order valence-corrected chi connectivity index (χ2v) is 18.6. The lowest BCUT2D eigenvalue weighted by Crippen LogP contribution is -2.54. The summed E-state index contributed by atoms with van der Waals surface area (Å²) in [4.78, 5) is 93.6. The number of benzene rings is 1. The molecule has 0 aromatic heterocycles. The Bertz CT molecular complexity index is 1690. The molecular formula is C48H82N9O9+3. The molecule has 0 saturated heterocycles. The van der Waals surface area contributed by atoms with E-state index in [9.17, 15) is 33.6 Å². The van der Waals surface area contributed by atoms with E-state index in [-0.39, 0.29) is 73.3 Å². The van der Waals surface area contributed by atoms with E-state index in [0.717, 1.165) is 44.1 Å². The van der Waals surface area contributed by atoms with E-state index in [2.05, 4.69) is 49.1 Å². The summed E-state index contributed by atoms with van der Waals surface area (Å²) in [6, 6.07) is 6.87. The van der Waals surface area contributed by atoms with Crippen molar-refractivity contribution in [3.63, 3.8) is 0 Å². The number of hydrogen-bond donors (Lipinski definition) is 9. The molecule has 4 rings (SSSR count). The van der Waals surface area contributed by atoms with E-state index < -0.39 is 48.1 Å². The highest BCUT2D eigenvalue weighted by Gasteiger charge is 2.37. The van der Waals surface area contributed by atoms with Gasteiger partial charge in [-0.25, -0.2) is 4.79 Å². The smallest absolute Gasteiger partial charge is 0.407 e. The number of amides is 6. The molecule has 3 aliphatic carbocycles. The maximum absolute atomic E-state index is 14.0. The summed E-state index contributed by atoms with van der Waals surface area (Å²) in [7, 11) is 1.36. The molecule has 3 aliphatic rings. The van der Waals surface area contributed by atoms with Crippen LogP contribution in [-0.4, -0.2) is 105 Å². The monoisotopic (exact) mass is 929 g/mol. The predicted molar refractivity (Wildman–Crippen MR) is 246 cm³/mol. The zero-order valence-electron chi connectivity index (χ0n) is 39.6. The Morgan fingerprint density at radius 3 is 1.33 bits per heavy atom. The minimum Gasteiger partial charge on any atom is -0.469 e. The molecule has 0 aliphatic heterocycles. The van der Waals surface area contributed by atoms with Gasteiger partial charge in [-0.15, -0.1) is 0 Å². The van der Waals surface area contributed by atoms with E-state index in [1.54, 1.807) is 0 Å². The fourth-order valence-corrected chi connectivity index (χ4v) is 9.84. The third-order valence-electron chi connectivity index (χ3n) is 13.4. The van der Waals surface area contributed by atoms with Gasteiger partial charge in [0.2, 0.25) is 29.5 Å². The van der Waals surface area contributed by atoms with Crippen LogP contribution in [0.2, 0.25) is 0 Å². The molecule has 3 fully saturated rings. The number of quaternary nitrogens is 3. The fourth-order valence-electron chi connectivity index (χ4n) is 9.84. The lowest BCUT2D eigenvalue weighted by atomic mass is 9.83. The molecule has 18 nitrogen and oxygen atoms in total. The molecule has 9 unspecified atom stereocenters. The standard InChI is InChI=1S/C48H79N9O9/c1-65-47(63)38-21-7-10-24-41(38)57-43(59)29-34(17-12-26-50)53-45(61)36-19-5-8-22-39(36)55-42(58)28-33(16-11-25-49)52-46(62)37-20-6-9-23-40(37)56-44(60)30-35(18-13-27-51)54-48(64)66-31-32-14-3-2-4-15-32/h2-4,14-15,33-41H,5-13,16-31,49-51H2,1H3,(H,52,62)(H,53,61)(H,54,64)(H,55,58)(H,56,60)(H,57,59)/p+3. The molecular weight excluding hydrogens is 847 g/mol. The Labute approximate surface area is 390 Å². The maximum Gasteiger partial charge on any atom is 0.407 e. The second-order valence-electron chi connectivity index (χ2n) is 18.6. The highest BCUT2D eigenvalue weighted by atomic mass is 16.5. The summed E-state index contributed by atoms with van der Waals surface area (Å²) < 4.78 is 10.4. The van der Waals surface area contributed by atoms with Crippen LogP contribution in [0.1, 0.15) is 140 Å². The number of esters is 1. The molecule has 3 saturated carbocycles. The third kappa shape index (κ3) is 18.8. The largest absolute Gasteiger partial charge is 0.469 e. The topological polar surface area (TPSA) is 293 Å². The first kappa shape index (κ1) is 53.8. The van der Waals surface area contributed by atoms with Gasteiger partial charge < -0.3 is 58.6 Å². The third-order valence-corrected chi connectivity index (χ3v) is 13.4. The lowest BCUT2D eigenvalue weighted by molar-refractivity contribution is -0.369. The Hall–Kier alpha value is -4.81. The molecule has 15 N–H and O–H groups in total. The van der Waals surface area contributed by atoms with Gasteiger partial charge >= 0.3 is 12.1 Å². The highest BCUT2D eigenvalue weighted by Crippen LogP contribution is 2.28. The zero-order valence-corrected chi connectivity index (χ0v) is 39.6. The predicted octanol–water partition coefficient (Wildman–Crippen LogP) is 0.686. The van der Waals surface area contributed by atoms with Gasteiger partial charge in [-0.05, 0) is 82.6 Å². The number of methoxy groups -OCH3 is 1. The summed E-state index contributed by atoms with van der Waals surface area (Å²) in [5.74, 6) is -2.84. The van der Waals surface area contributed by atoms with Crippen molar-refractivity contribution in [2.45, 2.75) is 178 Å². The van der Waals surface area contributed by atoms with Gasteiger partial charge in [0.1, 0.15) is 6.61 Å². The van der Waals surface area contributed by atoms with Gasteiger partial charge in [0.05, 0.1) is 44.5 Å². The van der Waals surface area contributed by atoms with Gasteiger partial charge in [0, 0.05) is 55.5 Å². The summed E-state index contributed by atoms with van der Waals surface area (Å²) in [5, 5.41) is 18.4. The summed E-state index contributed by atoms with van der Waals surface area (Å²) >= 11 is 0. The Balaban J connectivity index is 1.32. The van der Waals surface area contributed by atoms with Crippen molar-refractivity contribution in [1.29, 1.82) is 0 Å². The van der Waals surface area contributed by atoms with Crippen LogP contribution in [0.3, 0.4) is 0 Å². The van der Waals surface area contributed by atoms with Crippen molar-refractivity contribution in [2.24, 2.45) is 17.8 Å². The van der Waals surface area contributed by atoms with Crippen LogP contribution in [0, 0.1) is 17.8 Å². The summed E-state index contributed by atoms with van der Waals surface area (Å²) in [6.07, 6.45) is 12.3. The average Bonchev–Trinajstić information content (AvgIpc) is 3.31. The van der Waals surface area contributed by atoms with E-state index >= 15 is 0 Å². The zero-order chi connectivity index (χ0) is 47.7. The first-order chi connectivity index (χ1) is 31.9. The molecule has 1 aromatic carbocycles. The Morgan fingerprint density at radius 2 is 0.924 bits per heavy atom. The molecule has 0 heterocycles. The average molecular weight is 929 g/mol. The highest BCUT2D eigenvalue weighted by molar-refractivity contribution is 5.85. The molecule has 0 radical (unpaired) electrons. The molecule has 0 spiro atoms. The van der Waals surface area contributed by atoms with Crippen LogP contribution < -0.4 is 49.1 Å². The molecule has 370 valence electrons. The van der Waals surface area contributed by atoms with Gasteiger partial charge in [-0.2, -0.15) is 0 Å². The van der Waals surface area contributed by atoms with E-state index in [1.165, 1.54) is 7.11 Å². The van der Waals surface area contributed by atoms with Crippen LogP contribution in [0.15, 0.2) is 30.3 Å². The van der Waals surface area contributed by atoms with Crippen molar-refractivity contribution >= 4 is 41.6 Å². The molecule has 1 aromatic rings. The minimum atomic E-state index is -0.603. The van der Waals surface area contributed by atoms with E-state index in [4.69, 9.17) is 9.47 Å². The van der Waals surface area contributed by atoms with Crippen molar-refractivity contribution in [2.75, 3.05) is 26.7 Å². The van der Waals surface area contributed by atoms with E-state index in [0.29, 0.717) is 96.7 Å². The van der Waals surface area contributed by atoms with Crippen molar-refractivity contribution in [3.05, 3.63) is 35.9 Å². The molecule has 66 heavy (non-hydrogen) atoms. The van der Waals surface area contributed by atoms with Crippen molar-refractivity contribution in [3.8, 4) is 0 Å². The van der Waals surface area contributed by atoms with Gasteiger partial charge in [0.15, 0.2) is 0 Å². The Kier molecular flexibility index (Phi) is 24.3. The van der Waals surface area contributed by atoms with Gasteiger partial charge in [-0.3, -0.25) is 28.8 Å². The SMILES string of the molecule is COC(=O)C1CCCCC1NC(=O)CC(CCC[NH3+])NC(=O)C1CCCCC1NC(=O)CC(CCC[NH3+])NC(=O)C1CCCCC1NC(=O)CC(CCC[NH3+])NC(=O)OCc1ccccc1. The Morgan fingerprint density at radius 1 is 0.545 bits per heavy atom. The number of ether oxygens (including phenoxy) is 2. The van der Waals surface area contributed by atoms with E-state index in [1.807, 2.05) is 30.3 Å².